The first-order valence-corrected chi connectivity index (χ1v) is 8.09. The lowest BCUT2D eigenvalue weighted by Gasteiger charge is -2.15. The van der Waals surface area contributed by atoms with Crippen LogP contribution in [0.4, 0.5) is 0 Å². The van der Waals surface area contributed by atoms with E-state index >= 15 is 0 Å². The molecule has 0 saturated carbocycles. The molecule has 4 rings (SSSR count). The van der Waals surface area contributed by atoms with Gasteiger partial charge in [0.25, 0.3) is 11.8 Å². The van der Waals surface area contributed by atoms with Crippen LogP contribution in [-0.2, 0) is 13.0 Å². The Bertz CT molecular complexity index is 1050. The molecule has 5 nitrogen and oxygen atoms in total. The molecule has 0 aliphatic carbocycles. The maximum Gasteiger partial charge on any atom is 0.336 e. The minimum Gasteiger partial charge on any atom is -0.423 e. The van der Waals surface area contributed by atoms with E-state index in [1.54, 1.807) is 24.3 Å². The van der Waals surface area contributed by atoms with Crippen molar-refractivity contribution in [2.45, 2.75) is 19.9 Å². The number of aryl methyl sites for hydroxylation is 1. The molecule has 0 unspecified atom stereocenters. The quantitative estimate of drug-likeness (QED) is 0.545. The van der Waals surface area contributed by atoms with E-state index in [-0.39, 0.29) is 18.4 Å². The van der Waals surface area contributed by atoms with Crippen LogP contribution < -0.4 is 5.63 Å². The van der Waals surface area contributed by atoms with Gasteiger partial charge in [-0.1, -0.05) is 31.2 Å². The molecular weight excluding hydrogens is 318 g/mol. The maximum atomic E-state index is 12.5. The highest BCUT2D eigenvalue weighted by atomic mass is 16.4. The van der Waals surface area contributed by atoms with Crippen molar-refractivity contribution in [1.82, 2.24) is 4.90 Å². The van der Waals surface area contributed by atoms with Crippen molar-refractivity contribution in [1.29, 1.82) is 0 Å². The highest BCUT2D eigenvalue weighted by molar-refractivity contribution is 6.21. The van der Waals surface area contributed by atoms with E-state index in [1.807, 2.05) is 25.1 Å². The molecule has 0 N–H and O–H groups in total. The second-order valence-electron chi connectivity index (χ2n) is 6.02. The van der Waals surface area contributed by atoms with Crippen LogP contribution in [0.5, 0.6) is 0 Å². The fourth-order valence-corrected chi connectivity index (χ4v) is 3.18. The van der Waals surface area contributed by atoms with Gasteiger partial charge in [-0.3, -0.25) is 14.5 Å². The van der Waals surface area contributed by atoms with Crippen molar-refractivity contribution >= 4 is 22.8 Å². The predicted molar refractivity (Wildman–Crippen MR) is 92.5 cm³/mol. The Morgan fingerprint density at radius 2 is 1.60 bits per heavy atom. The number of hydrogen-bond donors (Lipinski definition) is 0. The van der Waals surface area contributed by atoms with Gasteiger partial charge >= 0.3 is 5.63 Å². The summed E-state index contributed by atoms with van der Waals surface area (Å²) in [6, 6.07) is 13.7. The Balaban J connectivity index is 1.78. The highest BCUT2D eigenvalue weighted by Crippen LogP contribution is 2.26. The van der Waals surface area contributed by atoms with Crippen LogP contribution in [0.25, 0.3) is 11.0 Å². The highest BCUT2D eigenvalue weighted by Gasteiger charge is 2.35. The molecule has 25 heavy (non-hydrogen) atoms. The van der Waals surface area contributed by atoms with E-state index in [4.69, 9.17) is 4.42 Å². The zero-order valence-corrected chi connectivity index (χ0v) is 13.6. The van der Waals surface area contributed by atoms with E-state index < -0.39 is 5.63 Å². The second kappa shape index (κ2) is 5.70. The Labute approximate surface area is 143 Å². The summed E-state index contributed by atoms with van der Waals surface area (Å²) in [5.74, 6) is -0.681. The summed E-state index contributed by atoms with van der Waals surface area (Å²) < 4.78 is 5.28. The van der Waals surface area contributed by atoms with Gasteiger partial charge in [-0.05, 0) is 35.7 Å². The van der Waals surface area contributed by atoms with Gasteiger partial charge in [0.05, 0.1) is 17.7 Å². The molecule has 2 aromatic carbocycles. The largest absolute Gasteiger partial charge is 0.423 e. The number of carbonyl (C=O) groups excluding carboxylic acids is 2. The molecule has 1 aliphatic rings. The Morgan fingerprint density at radius 1 is 0.920 bits per heavy atom. The maximum absolute atomic E-state index is 12.5. The molecule has 0 atom stereocenters. The topological polar surface area (TPSA) is 67.6 Å². The molecule has 1 aromatic heterocycles. The van der Waals surface area contributed by atoms with Crippen LogP contribution >= 0.6 is 0 Å². The van der Waals surface area contributed by atoms with E-state index in [1.165, 1.54) is 11.0 Å². The number of hydrogen-bond acceptors (Lipinski definition) is 4. The number of amides is 2. The van der Waals surface area contributed by atoms with Crippen molar-refractivity contribution < 1.29 is 14.0 Å². The van der Waals surface area contributed by atoms with Crippen molar-refractivity contribution in [2.75, 3.05) is 0 Å². The average Bonchev–Trinajstić information content (AvgIpc) is 2.86. The van der Waals surface area contributed by atoms with Crippen LogP contribution in [0.15, 0.2) is 57.7 Å². The van der Waals surface area contributed by atoms with Crippen molar-refractivity contribution in [3.05, 3.63) is 81.2 Å². The van der Waals surface area contributed by atoms with E-state index in [9.17, 15) is 14.4 Å². The van der Waals surface area contributed by atoms with Gasteiger partial charge in [0, 0.05) is 11.5 Å². The first-order chi connectivity index (χ1) is 12.1. The van der Waals surface area contributed by atoms with Gasteiger partial charge in [0.2, 0.25) is 0 Å². The minimum absolute atomic E-state index is 0.0416. The molecule has 1 aliphatic heterocycles. The standard InChI is InChI=1S/C20H15NO4/c1-2-12-7-8-14-13(10-18(22)25-17(14)9-12)11-21-19(23)15-5-3-4-6-16(15)20(21)24/h3-10H,2,11H2,1H3. The third-order valence-corrected chi connectivity index (χ3v) is 4.51. The van der Waals surface area contributed by atoms with Gasteiger partial charge in [-0.15, -0.1) is 0 Å². The summed E-state index contributed by atoms with van der Waals surface area (Å²) in [6.07, 6.45) is 0.822. The minimum atomic E-state index is -0.493. The second-order valence-corrected chi connectivity index (χ2v) is 6.02. The molecule has 0 spiro atoms. The zero-order valence-electron chi connectivity index (χ0n) is 13.6. The Morgan fingerprint density at radius 3 is 2.24 bits per heavy atom. The summed E-state index contributed by atoms with van der Waals surface area (Å²) in [7, 11) is 0. The van der Waals surface area contributed by atoms with Gasteiger partial charge in [-0.25, -0.2) is 4.79 Å². The molecule has 124 valence electrons. The summed E-state index contributed by atoms with van der Waals surface area (Å²) >= 11 is 0. The smallest absolute Gasteiger partial charge is 0.336 e. The molecule has 0 fully saturated rings. The number of fused-ring (bicyclic) bond motifs is 2. The fraction of sp³-hybridized carbons (Fsp3) is 0.150. The first kappa shape index (κ1) is 15.3. The molecule has 0 saturated heterocycles. The molecule has 3 aromatic rings. The SMILES string of the molecule is CCc1ccc2c(CN3C(=O)c4ccccc4C3=O)cc(=O)oc2c1. The summed E-state index contributed by atoms with van der Waals surface area (Å²) in [6.45, 7) is 2.06. The monoisotopic (exact) mass is 333 g/mol. The summed E-state index contributed by atoms with van der Waals surface area (Å²) in [5, 5.41) is 0.730. The van der Waals surface area contributed by atoms with Gasteiger partial charge in [-0.2, -0.15) is 0 Å². The normalized spacial score (nSPS) is 13.6. The number of carbonyl (C=O) groups is 2. The van der Waals surface area contributed by atoms with Gasteiger partial charge < -0.3 is 4.42 Å². The van der Waals surface area contributed by atoms with Crippen molar-refractivity contribution in [3.63, 3.8) is 0 Å². The number of benzene rings is 2. The molecule has 2 amide bonds. The zero-order chi connectivity index (χ0) is 17.6. The summed E-state index contributed by atoms with van der Waals surface area (Å²) in [5.41, 5.74) is 2.42. The lowest BCUT2D eigenvalue weighted by atomic mass is 10.1. The Kier molecular flexibility index (Phi) is 3.50. The lowest BCUT2D eigenvalue weighted by Crippen LogP contribution is -2.29. The van der Waals surface area contributed by atoms with Crippen LogP contribution in [0, 0.1) is 0 Å². The predicted octanol–water partition coefficient (Wildman–Crippen LogP) is 3.15. The number of rotatable bonds is 3. The van der Waals surface area contributed by atoms with E-state index in [0.717, 1.165) is 17.4 Å². The van der Waals surface area contributed by atoms with Crippen LogP contribution in [0.1, 0.15) is 38.8 Å². The molecule has 2 heterocycles. The van der Waals surface area contributed by atoms with Crippen molar-refractivity contribution in [3.8, 4) is 0 Å². The van der Waals surface area contributed by atoms with Gasteiger partial charge in [0.15, 0.2) is 0 Å². The van der Waals surface area contributed by atoms with Crippen LogP contribution in [-0.4, -0.2) is 16.7 Å². The number of imide groups is 1. The molecule has 5 heteroatoms. The third-order valence-electron chi connectivity index (χ3n) is 4.51. The number of nitrogens with zero attached hydrogens (tertiary/aromatic N) is 1. The fourth-order valence-electron chi connectivity index (χ4n) is 3.18. The summed E-state index contributed by atoms with van der Waals surface area (Å²) in [4.78, 5) is 38.2. The first-order valence-electron chi connectivity index (χ1n) is 8.09. The van der Waals surface area contributed by atoms with E-state index in [0.29, 0.717) is 22.3 Å². The molecule has 0 bridgehead atoms. The van der Waals surface area contributed by atoms with Crippen molar-refractivity contribution in [2.24, 2.45) is 0 Å². The third kappa shape index (κ3) is 2.45. The van der Waals surface area contributed by atoms with E-state index in [2.05, 4.69) is 0 Å². The lowest BCUT2D eigenvalue weighted by molar-refractivity contribution is 0.0642. The average molecular weight is 333 g/mol. The van der Waals surface area contributed by atoms with Crippen LogP contribution in [0.3, 0.4) is 0 Å². The molecular formula is C20H15NO4. The van der Waals surface area contributed by atoms with Crippen LogP contribution in [0.2, 0.25) is 0 Å². The Hall–Kier alpha value is -3.21. The molecule has 0 radical (unpaired) electrons. The van der Waals surface area contributed by atoms with Gasteiger partial charge in [0.1, 0.15) is 5.58 Å².